The Morgan fingerprint density at radius 1 is 0.923 bits per heavy atom. The number of para-hydroxylation sites is 1. The zero-order valence-corrected chi connectivity index (χ0v) is 15.7. The first-order chi connectivity index (χ1) is 12.5. The number of hydrogen-bond acceptors (Lipinski definition) is 3. The molecule has 0 aliphatic heterocycles. The van der Waals surface area contributed by atoms with E-state index in [9.17, 15) is 9.59 Å². The van der Waals surface area contributed by atoms with Crippen LogP contribution in [0, 0.1) is 0 Å². The number of furan rings is 1. The van der Waals surface area contributed by atoms with Gasteiger partial charge in [-0.1, -0.05) is 43.6 Å². The maximum atomic E-state index is 12.6. The van der Waals surface area contributed by atoms with Crippen molar-refractivity contribution in [3.05, 3.63) is 58.6 Å². The summed E-state index contributed by atoms with van der Waals surface area (Å²) in [7, 11) is 0. The van der Waals surface area contributed by atoms with Crippen LogP contribution >= 0.6 is 11.6 Å². The summed E-state index contributed by atoms with van der Waals surface area (Å²) in [6, 6.07) is 12.9. The highest BCUT2D eigenvalue weighted by Crippen LogP contribution is 2.34. The van der Waals surface area contributed by atoms with Crippen LogP contribution in [0.25, 0.3) is 22.3 Å². The highest BCUT2D eigenvalue weighted by atomic mass is 35.5. The lowest BCUT2D eigenvalue weighted by atomic mass is 9.94. The molecular weight excluding hydrogens is 348 g/mol. The molecular formula is C22H21ClO3. The van der Waals surface area contributed by atoms with Crippen LogP contribution in [0.2, 0.25) is 5.02 Å². The summed E-state index contributed by atoms with van der Waals surface area (Å²) < 4.78 is 5.95. The van der Waals surface area contributed by atoms with Crippen LogP contribution in [0.4, 0.5) is 0 Å². The van der Waals surface area contributed by atoms with Gasteiger partial charge in [0.15, 0.2) is 11.6 Å². The third-order valence-electron chi connectivity index (χ3n) is 4.35. The molecule has 0 saturated heterocycles. The van der Waals surface area contributed by atoms with Gasteiger partial charge in [0.05, 0.1) is 5.02 Å². The van der Waals surface area contributed by atoms with Gasteiger partial charge in [-0.15, -0.1) is 0 Å². The second kappa shape index (κ2) is 7.88. The highest BCUT2D eigenvalue weighted by Gasteiger charge is 2.21. The van der Waals surface area contributed by atoms with E-state index in [1.54, 1.807) is 12.1 Å². The molecule has 4 heteroatoms. The Hall–Kier alpha value is -2.39. The van der Waals surface area contributed by atoms with Crippen molar-refractivity contribution < 1.29 is 14.0 Å². The molecule has 0 N–H and O–H groups in total. The SMILES string of the molecule is CCCC(=O)c1cc(-c2cc3ccccc3o2)c(C(=O)CCC)cc1Cl. The molecule has 0 fully saturated rings. The molecule has 2 aromatic carbocycles. The molecule has 0 aliphatic carbocycles. The van der Waals surface area contributed by atoms with E-state index in [4.69, 9.17) is 16.0 Å². The summed E-state index contributed by atoms with van der Waals surface area (Å²) >= 11 is 6.34. The highest BCUT2D eigenvalue weighted by molar-refractivity contribution is 6.34. The number of fused-ring (bicyclic) bond motifs is 1. The first kappa shape index (κ1) is 18.4. The van der Waals surface area contributed by atoms with Crippen LogP contribution < -0.4 is 0 Å². The summed E-state index contributed by atoms with van der Waals surface area (Å²) in [5.74, 6) is 0.552. The molecule has 0 saturated carbocycles. The molecule has 0 bridgehead atoms. The molecule has 134 valence electrons. The first-order valence-corrected chi connectivity index (χ1v) is 9.31. The fourth-order valence-corrected chi connectivity index (χ4v) is 3.33. The summed E-state index contributed by atoms with van der Waals surface area (Å²) in [5, 5.41) is 1.27. The average molecular weight is 369 g/mol. The Morgan fingerprint density at radius 2 is 1.58 bits per heavy atom. The summed E-state index contributed by atoms with van der Waals surface area (Å²) in [4.78, 5) is 25.1. The summed E-state index contributed by atoms with van der Waals surface area (Å²) in [6.45, 7) is 3.91. The van der Waals surface area contributed by atoms with Crippen LogP contribution in [0.15, 0.2) is 46.9 Å². The van der Waals surface area contributed by atoms with Gasteiger partial charge in [-0.05, 0) is 37.1 Å². The maximum Gasteiger partial charge on any atom is 0.164 e. The van der Waals surface area contributed by atoms with Crippen molar-refractivity contribution in [1.82, 2.24) is 0 Å². The van der Waals surface area contributed by atoms with Gasteiger partial charge in [0.2, 0.25) is 0 Å². The molecule has 1 heterocycles. The molecule has 0 amide bonds. The number of ketones is 2. The van der Waals surface area contributed by atoms with Crippen LogP contribution in [0.5, 0.6) is 0 Å². The standard InChI is InChI=1S/C22H21ClO3/c1-3-7-19(24)15-13-18(23)17(20(25)8-4-2)12-16(15)22-11-14-9-5-6-10-21(14)26-22/h5-6,9-13H,3-4,7-8H2,1-2H3. The average Bonchev–Trinajstić information content (AvgIpc) is 3.05. The van der Waals surface area contributed by atoms with Crippen molar-refractivity contribution in [2.24, 2.45) is 0 Å². The second-order valence-electron chi connectivity index (χ2n) is 6.37. The minimum atomic E-state index is -0.0237. The fraction of sp³-hybridized carbons (Fsp3) is 0.273. The van der Waals surface area contributed by atoms with E-state index in [1.807, 2.05) is 44.2 Å². The van der Waals surface area contributed by atoms with Gasteiger partial charge in [-0.3, -0.25) is 9.59 Å². The van der Waals surface area contributed by atoms with Gasteiger partial charge in [-0.25, -0.2) is 0 Å². The van der Waals surface area contributed by atoms with Crippen molar-refractivity contribution in [3.63, 3.8) is 0 Å². The van der Waals surface area contributed by atoms with E-state index in [1.165, 1.54) is 0 Å². The monoisotopic (exact) mass is 368 g/mol. The van der Waals surface area contributed by atoms with E-state index in [2.05, 4.69) is 0 Å². The molecule has 3 nitrogen and oxygen atoms in total. The van der Waals surface area contributed by atoms with Gasteiger partial charge in [0.25, 0.3) is 0 Å². The molecule has 3 aromatic rings. The van der Waals surface area contributed by atoms with Crippen LogP contribution in [0.1, 0.15) is 60.2 Å². The Balaban J connectivity index is 2.20. The first-order valence-electron chi connectivity index (χ1n) is 8.94. The topological polar surface area (TPSA) is 47.3 Å². The number of hydrogen-bond donors (Lipinski definition) is 0. The number of carbonyl (C=O) groups is 2. The van der Waals surface area contributed by atoms with Crippen LogP contribution in [-0.4, -0.2) is 11.6 Å². The maximum absolute atomic E-state index is 12.6. The molecule has 1 aromatic heterocycles. The molecule has 0 radical (unpaired) electrons. The number of halogens is 1. The minimum absolute atomic E-state index is 0.000605. The quantitative estimate of drug-likeness (QED) is 0.435. The number of benzene rings is 2. The summed E-state index contributed by atoms with van der Waals surface area (Å²) in [5.41, 5.74) is 2.32. The van der Waals surface area contributed by atoms with Crippen molar-refractivity contribution in [2.45, 2.75) is 39.5 Å². The van der Waals surface area contributed by atoms with E-state index in [-0.39, 0.29) is 11.6 Å². The number of rotatable bonds is 7. The van der Waals surface area contributed by atoms with Crippen molar-refractivity contribution >= 4 is 34.1 Å². The zero-order valence-electron chi connectivity index (χ0n) is 15.0. The fourth-order valence-electron chi connectivity index (χ4n) is 3.06. The van der Waals surface area contributed by atoms with Crippen molar-refractivity contribution in [1.29, 1.82) is 0 Å². The van der Waals surface area contributed by atoms with Gasteiger partial charge in [0.1, 0.15) is 11.3 Å². The van der Waals surface area contributed by atoms with Gasteiger partial charge in [-0.2, -0.15) is 0 Å². The number of Topliss-reactive ketones (excluding diaryl/α,β-unsaturated/α-hetero) is 2. The third-order valence-corrected chi connectivity index (χ3v) is 4.67. The van der Waals surface area contributed by atoms with Crippen LogP contribution in [-0.2, 0) is 0 Å². The van der Waals surface area contributed by atoms with Crippen molar-refractivity contribution in [2.75, 3.05) is 0 Å². The molecule has 26 heavy (non-hydrogen) atoms. The molecule has 0 atom stereocenters. The second-order valence-corrected chi connectivity index (χ2v) is 6.78. The summed E-state index contributed by atoms with van der Waals surface area (Å²) in [6.07, 6.45) is 2.32. The largest absolute Gasteiger partial charge is 0.456 e. The predicted molar refractivity (Wildman–Crippen MR) is 105 cm³/mol. The van der Waals surface area contributed by atoms with Crippen molar-refractivity contribution in [3.8, 4) is 11.3 Å². The van der Waals surface area contributed by atoms with E-state index in [0.29, 0.717) is 40.3 Å². The molecule has 0 spiro atoms. The van der Waals surface area contributed by atoms with Crippen LogP contribution in [0.3, 0.4) is 0 Å². The Labute approximate surface area is 158 Å². The van der Waals surface area contributed by atoms with E-state index < -0.39 is 0 Å². The lowest BCUT2D eigenvalue weighted by molar-refractivity contribution is 0.0970. The molecule has 3 rings (SSSR count). The predicted octanol–water partition coefficient (Wildman–Crippen LogP) is 6.72. The lowest BCUT2D eigenvalue weighted by Crippen LogP contribution is -2.06. The Bertz CT molecular complexity index is 936. The molecule has 0 aliphatic rings. The Morgan fingerprint density at radius 3 is 2.23 bits per heavy atom. The smallest absolute Gasteiger partial charge is 0.164 e. The van der Waals surface area contributed by atoms with Gasteiger partial charge >= 0.3 is 0 Å². The van der Waals surface area contributed by atoms with E-state index >= 15 is 0 Å². The lowest BCUT2D eigenvalue weighted by Gasteiger charge is -2.11. The normalized spacial score (nSPS) is 11.0. The van der Waals surface area contributed by atoms with Gasteiger partial charge < -0.3 is 4.42 Å². The van der Waals surface area contributed by atoms with E-state index in [0.717, 1.165) is 23.8 Å². The van der Waals surface area contributed by atoms with Gasteiger partial charge in [0, 0.05) is 34.9 Å². The number of carbonyl (C=O) groups excluding carboxylic acids is 2. The minimum Gasteiger partial charge on any atom is -0.456 e. The Kier molecular flexibility index (Phi) is 5.58. The third kappa shape index (κ3) is 3.58. The zero-order chi connectivity index (χ0) is 18.7. The molecule has 0 unspecified atom stereocenters.